The quantitative estimate of drug-likeness (QED) is 0.540. The minimum atomic E-state index is -0.170. The summed E-state index contributed by atoms with van der Waals surface area (Å²) < 4.78 is 15.6. The highest BCUT2D eigenvalue weighted by Gasteiger charge is 2.24. The molecule has 1 aliphatic carbocycles. The van der Waals surface area contributed by atoms with Crippen LogP contribution in [0.25, 0.3) is 0 Å². The maximum absolute atomic E-state index is 8.87. The highest BCUT2D eigenvalue weighted by molar-refractivity contribution is 4.95. The first kappa shape index (κ1) is 14.4. The molecule has 0 heterocycles. The minimum absolute atomic E-state index is 0.170. The topological polar surface area (TPSA) is 63.5 Å². The molecule has 0 saturated heterocycles. The van der Waals surface area contributed by atoms with Crippen LogP contribution < -0.4 is 5.32 Å². The van der Waals surface area contributed by atoms with E-state index in [4.69, 9.17) is 19.5 Å². The van der Waals surface area contributed by atoms with Crippen LogP contribution in [-0.4, -0.2) is 52.2 Å². The lowest BCUT2D eigenvalue weighted by molar-refractivity contribution is 0.0497. The van der Waals surface area contributed by atoms with Gasteiger partial charge in [-0.25, -0.2) is 0 Å². The molecule has 1 rings (SSSR count). The first-order chi connectivity index (χ1) is 8.36. The molecule has 1 atom stereocenters. The molecule has 0 amide bonds. The van der Waals surface area contributed by atoms with Crippen molar-refractivity contribution in [3.63, 3.8) is 0 Å². The molecular weight excluding hydrogens is 220 g/mol. The smallest absolute Gasteiger partial charge is 0.119 e. The van der Waals surface area contributed by atoms with Gasteiger partial charge in [-0.05, 0) is 19.3 Å². The second kappa shape index (κ2) is 9.37. The molecule has 5 heteroatoms. The fourth-order valence-corrected chi connectivity index (χ4v) is 1.37. The molecule has 0 aromatic carbocycles. The maximum Gasteiger partial charge on any atom is 0.119 e. The Labute approximate surface area is 103 Å². The fraction of sp³-hybridized carbons (Fsp3) is 0.917. The van der Waals surface area contributed by atoms with Crippen LogP contribution in [0.3, 0.4) is 0 Å². The molecule has 1 saturated carbocycles. The maximum atomic E-state index is 8.87. The van der Waals surface area contributed by atoms with E-state index in [1.807, 2.05) is 0 Å². The van der Waals surface area contributed by atoms with Crippen molar-refractivity contribution in [2.24, 2.45) is 0 Å². The summed E-state index contributed by atoms with van der Waals surface area (Å²) in [6.07, 6.45) is 3.22. The van der Waals surface area contributed by atoms with E-state index in [9.17, 15) is 0 Å². The standard InChI is InChI=1S/C12H22N2O3/c1-15-7-8-16-5-2-6-17-10-12(9-13)14-11-3-4-11/h11-12,14H,2-8,10H2,1H3. The summed E-state index contributed by atoms with van der Waals surface area (Å²) in [5.41, 5.74) is 0. The van der Waals surface area contributed by atoms with E-state index < -0.39 is 0 Å². The van der Waals surface area contributed by atoms with Crippen molar-refractivity contribution in [1.29, 1.82) is 5.26 Å². The molecule has 0 bridgehead atoms. The summed E-state index contributed by atoms with van der Waals surface area (Å²) in [6, 6.07) is 2.58. The summed E-state index contributed by atoms with van der Waals surface area (Å²) in [5, 5.41) is 12.1. The number of hydrogen-bond acceptors (Lipinski definition) is 5. The minimum Gasteiger partial charge on any atom is -0.382 e. The third-order valence-corrected chi connectivity index (χ3v) is 2.46. The van der Waals surface area contributed by atoms with E-state index in [2.05, 4.69) is 11.4 Å². The van der Waals surface area contributed by atoms with E-state index >= 15 is 0 Å². The van der Waals surface area contributed by atoms with Gasteiger partial charge >= 0.3 is 0 Å². The van der Waals surface area contributed by atoms with Crippen molar-refractivity contribution < 1.29 is 14.2 Å². The predicted molar refractivity (Wildman–Crippen MR) is 63.7 cm³/mol. The van der Waals surface area contributed by atoms with Crippen LogP contribution in [0.2, 0.25) is 0 Å². The molecule has 98 valence electrons. The zero-order valence-corrected chi connectivity index (χ0v) is 10.5. The predicted octanol–water partition coefficient (Wildman–Crippen LogP) is 0.700. The van der Waals surface area contributed by atoms with Crippen LogP contribution in [0.15, 0.2) is 0 Å². The molecule has 0 radical (unpaired) electrons. The number of methoxy groups -OCH3 is 1. The molecule has 1 unspecified atom stereocenters. The van der Waals surface area contributed by atoms with Crippen molar-refractivity contribution >= 4 is 0 Å². The molecule has 1 aliphatic rings. The Balaban J connectivity index is 1.83. The van der Waals surface area contributed by atoms with Gasteiger partial charge in [0.25, 0.3) is 0 Å². The summed E-state index contributed by atoms with van der Waals surface area (Å²) in [6.45, 7) is 3.03. The number of ether oxygens (including phenoxy) is 3. The largest absolute Gasteiger partial charge is 0.382 e. The summed E-state index contributed by atoms with van der Waals surface area (Å²) in [4.78, 5) is 0. The number of hydrogen-bond donors (Lipinski definition) is 1. The number of nitrogens with zero attached hydrogens (tertiary/aromatic N) is 1. The summed E-state index contributed by atoms with van der Waals surface area (Å²) in [7, 11) is 1.65. The average molecular weight is 242 g/mol. The fourth-order valence-electron chi connectivity index (χ4n) is 1.37. The Hall–Kier alpha value is -0.670. The molecule has 0 aromatic rings. The van der Waals surface area contributed by atoms with E-state index in [1.165, 1.54) is 12.8 Å². The second-order valence-corrected chi connectivity index (χ2v) is 4.16. The van der Waals surface area contributed by atoms with Crippen molar-refractivity contribution in [1.82, 2.24) is 5.32 Å². The normalized spacial score (nSPS) is 16.7. The van der Waals surface area contributed by atoms with Crippen LogP contribution in [0, 0.1) is 11.3 Å². The van der Waals surface area contributed by atoms with Gasteiger partial charge < -0.3 is 14.2 Å². The molecule has 0 spiro atoms. The Morgan fingerprint density at radius 3 is 2.65 bits per heavy atom. The lowest BCUT2D eigenvalue weighted by Gasteiger charge is -2.11. The van der Waals surface area contributed by atoms with Gasteiger partial charge in [-0.2, -0.15) is 5.26 Å². The zero-order chi connectivity index (χ0) is 12.3. The van der Waals surface area contributed by atoms with Gasteiger partial charge in [-0.3, -0.25) is 5.32 Å². The van der Waals surface area contributed by atoms with Crippen LogP contribution in [-0.2, 0) is 14.2 Å². The Bertz CT molecular complexity index is 226. The number of rotatable bonds is 11. The summed E-state index contributed by atoms with van der Waals surface area (Å²) in [5.74, 6) is 0. The van der Waals surface area contributed by atoms with Crippen LogP contribution in [0.4, 0.5) is 0 Å². The van der Waals surface area contributed by atoms with E-state index in [-0.39, 0.29) is 6.04 Å². The van der Waals surface area contributed by atoms with Gasteiger partial charge in [-0.15, -0.1) is 0 Å². The van der Waals surface area contributed by atoms with Crippen LogP contribution >= 0.6 is 0 Å². The van der Waals surface area contributed by atoms with Gasteiger partial charge in [0.15, 0.2) is 0 Å². The Kier molecular flexibility index (Phi) is 7.93. The van der Waals surface area contributed by atoms with Crippen LogP contribution in [0.1, 0.15) is 19.3 Å². The van der Waals surface area contributed by atoms with Crippen molar-refractivity contribution in [3.05, 3.63) is 0 Å². The van der Waals surface area contributed by atoms with Gasteiger partial charge in [0.1, 0.15) is 6.04 Å². The van der Waals surface area contributed by atoms with Crippen LogP contribution in [0.5, 0.6) is 0 Å². The SMILES string of the molecule is COCCOCCCOCC(C#N)NC1CC1. The third-order valence-electron chi connectivity index (χ3n) is 2.46. The molecular formula is C12H22N2O3. The number of nitrogens with one attached hydrogen (secondary N) is 1. The highest BCUT2D eigenvalue weighted by Crippen LogP contribution is 2.19. The van der Waals surface area contributed by atoms with Crippen molar-refractivity contribution in [2.75, 3.05) is 40.1 Å². The molecule has 17 heavy (non-hydrogen) atoms. The third kappa shape index (κ3) is 8.11. The average Bonchev–Trinajstić information content (AvgIpc) is 3.15. The van der Waals surface area contributed by atoms with E-state index in [0.29, 0.717) is 39.1 Å². The lowest BCUT2D eigenvalue weighted by Crippen LogP contribution is -2.33. The Morgan fingerprint density at radius 2 is 2.00 bits per heavy atom. The first-order valence-corrected chi connectivity index (χ1v) is 6.17. The molecule has 1 fully saturated rings. The van der Waals surface area contributed by atoms with Crippen molar-refractivity contribution in [3.8, 4) is 6.07 Å². The molecule has 0 aliphatic heterocycles. The first-order valence-electron chi connectivity index (χ1n) is 6.17. The van der Waals surface area contributed by atoms with Gasteiger partial charge in [0, 0.05) is 26.4 Å². The highest BCUT2D eigenvalue weighted by atomic mass is 16.5. The second-order valence-electron chi connectivity index (χ2n) is 4.16. The van der Waals surface area contributed by atoms with E-state index in [1.54, 1.807) is 7.11 Å². The number of nitriles is 1. The van der Waals surface area contributed by atoms with E-state index in [0.717, 1.165) is 6.42 Å². The molecule has 5 nitrogen and oxygen atoms in total. The van der Waals surface area contributed by atoms with Gasteiger partial charge in [-0.1, -0.05) is 0 Å². The monoisotopic (exact) mass is 242 g/mol. The van der Waals surface area contributed by atoms with Gasteiger partial charge in [0.2, 0.25) is 0 Å². The molecule has 1 N–H and O–H groups in total. The summed E-state index contributed by atoms with van der Waals surface area (Å²) >= 11 is 0. The van der Waals surface area contributed by atoms with Crippen molar-refractivity contribution in [2.45, 2.75) is 31.3 Å². The van der Waals surface area contributed by atoms with Gasteiger partial charge in [0.05, 0.1) is 25.9 Å². The zero-order valence-electron chi connectivity index (χ0n) is 10.5. The Morgan fingerprint density at radius 1 is 1.24 bits per heavy atom. The molecule has 0 aromatic heterocycles. The lowest BCUT2D eigenvalue weighted by atomic mass is 10.3.